The predicted molar refractivity (Wildman–Crippen MR) is 68.8 cm³/mol. The first kappa shape index (κ1) is 14.2. The van der Waals surface area contributed by atoms with Crippen LogP contribution in [0.4, 0.5) is 0 Å². The maximum Gasteiger partial charge on any atom is 0.271 e. The molecule has 0 saturated heterocycles. The van der Waals surface area contributed by atoms with Crippen molar-refractivity contribution in [2.75, 3.05) is 13.6 Å². The number of hydrazone groups is 1. The highest BCUT2D eigenvalue weighted by molar-refractivity contribution is 6.29. The van der Waals surface area contributed by atoms with Gasteiger partial charge in [-0.05, 0) is 18.6 Å². The Labute approximate surface area is 110 Å². The largest absolute Gasteiger partial charge is 0.354 e. The van der Waals surface area contributed by atoms with E-state index in [1.165, 1.54) is 0 Å². The summed E-state index contributed by atoms with van der Waals surface area (Å²) in [7, 11) is 1.59. The van der Waals surface area contributed by atoms with Gasteiger partial charge in [0.25, 0.3) is 5.96 Å². The minimum absolute atomic E-state index is 0.206. The topological polar surface area (TPSA) is 83.7 Å². The van der Waals surface area contributed by atoms with Crippen molar-refractivity contribution in [1.82, 2.24) is 15.2 Å². The predicted octanol–water partition coefficient (Wildman–Crippen LogP) is 1.32. The number of rotatable bonds is 4. The average molecular weight is 272 g/mol. The molecule has 0 spiro atoms. The monoisotopic (exact) mass is 271 g/mol. The summed E-state index contributed by atoms with van der Waals surface area (Å²) in [6, 6.07) is 3.49. The zero-order valence-corrected chi connectivity index (χ0v) is 10.9. The van der Waals surface area contributed by atoms with Gasteiger partial charge in [0, 0.05) is 26.3 Å². The van der Waals surface area contributed by atoms with Gasteiger partial charge < -0.3 is 10.2 Å². The Morgan fingerprint density at radius 2 is 2.39 bits per heavy atom. The van der Waals surface area contributed by atoms with Crippen LogP contribution in [0, 0.1) is 10.1 Å². The number of aromatic nitrogens is 1. The van der Waals surface area contributed by atoms with Crippen molar-refractivity contribution in [2.24, 2.45) is 5.10 Å². The minimum atomic E-state index is -0.728. The molecule has 0 atom stereocenters. The van der Waals surface area contributed by atoms with E-state index in [9.17, 15) is 10.1 Å². The molecule has 0 unspecified atom stereocenters. The second-order valence-corrected chi connectivity index (χ2v) is 3.80. The van der Waals surface area contributed by atoms with Crippen LogP contribution in [0.25, 0.3) is 0 Å². The lowest BCUT2D eigenvalue weighted by Crippen LogP contribution is -2.39. The third kappa shape index (κ3) is 4.17. The number of nitro groups is 1. The molecule has 1 heterocycles. The van der Waals surface area contributed by atoms with Gasteiger partial charge in [-0.3, -0.25) is 0 Å². The first-order valence-corrected chi connectivity index (χ1v) is 5.70. The summed E-state index contributed by atoms with van der Waals surface area (Å²) < 4.78 is 0. The molecule has 0 aliphatic rings. The second kappa shape index (κ2) is 6.75. The first-order chi connectivity index (χ1) is 8.56. The van der Waals surface area contributed by atoms with E-state index in [0.717, 1.165) is 5.56 Å². The maximum atomic E-state index is 10.4. The van der Waals surface area contributed by atoms with Crippen LogP contribution in [0.2, 0.25) is 5.15 Å². The molecule has 0 fully saturated rings. The highest BCUT2D eigenvalue weighted by atomic mass is 35.5. The lowest BCUT2D eigenvalue weighted by molar-refractivity contribution is -0.486. The molecule has 0 saturated carbocycles. The molecule has 7 nitrogen and oxygen atoms in total. The molecule has 18 heavy (non-hydrogen) atoms. The van der Waals surface area contributed by atoms with Gasteiger partial charge in [-0.15, -0.1) is 0 Å². The Bertz CT molecular complexity index is 434. The fourth-order valence-corrected chi connectivity index (χ4v) is 1.52. The average Bonchev–Trinajstić information content (AvgIpc) is 2.35. The second-order valence-electron chi connectivity index (χ2n) is 3.41. The third-order valence-corrected chi connectivity index (χ3v) is 2.47. The van der Waals surface area contributed by atoms with Crippen LogP contribution >= 0.6 is 11.6 Å². The highest BCUT2D eigenvalue weighted by Crippen LogP contribution is 2.08. The van der Waals surface area contributed by atoms with Crippen molar-refractivity contribution in [3.8, 4) is 0 Å². The van der Waals surface area contributed by atoms with Crippen molar-refractivity contribution in [2.45, 2.75) is 13.5 Å². The van der Waals surface area contributed by atoms with Crippen LogP contribution in [0.5, 0.6) is 0 Å². The van der Waals surface area contributed by atoms with Gasteiger partial charge in [-0.1, -0.05) is 17.7 Å². The van der Waals surface area contributed by atoms with E-state index in [4.69, 9.17) is 11.6 Å². The molecule has 0 aliphatic carbocycles. The summed E-state index contributed by atoms with van der Waals surface area (Å²) in [5, 5.41) is 16.1. The van der Waals surface area contributed by atoms with Crippen molar-refractivity contribution < 1.29 is 5.03 Å². The number of hydrogen-bond acceptors (Lipinski definition) is 3. The molecular formula is C10H14ClN5O2. The number of nitrogens with one attached hydrogen (secondary N) is 1. The Kier molecular flexibility index (Phi) is 5.31. The zero-order chi connectivity index (χ0) is 13.5. The summed E-state index contributed by atoms with van der Waals surface area (Å²) in [5.74, 6) is 0.206. The van der Waals surface area contributed by atoms with Gasteiger partial charge >= 0.3 is 0 Å². The quantitative estimate of drug-likeness (QED) is 0.294. The lowest BCUT2D eigenvalue weighted by atomic mass is 10.2. The van der Waals surface area contributed by atoms with E-state index in [0.29, 0.717) is 18.2 Å². The molecule has 1 rings (SSSR count). The molecule has 0 radical (unpaired) electrons. The van der Waals surface area contributed by atoms with Crippen LogP contribution in [-0.4, -0.2) is 34.5 Å². The number of hydrogen-bond donors (Lipinski definition) is 1. The fraction of sp³-hybridized carbons (Fsp3) is 0.400. The molecule has 1 N–H and O–H groups in total. The molecule has 0 amide bonds. The number of nitrogens with zero attached hydrogens (tertiary/aromatic N) is 4. The van der Waals surface area contributed by atoms with Gasteiger partial charge in [-0.2, -0.15) is 0 Å². The van der Waals surface area contributed by atoms with Gasteiger partial charge in [0.2, 0.25) is 0 Å². The van der Waals surface area contributed by atoms with Crippen molar-refractivity contribution >= 4 is 17.6 Å². The van der Waals surface area contributed by atoms with E-state index in [-0.39, 0.29) is 5.96 Å². The number of guanidine groups is 1. The smallest absolute Gasteiger partial charge is 0.271 e. The lowest BCUT2D eigenvalue weighted by Gasteiger charge is -2.21. The van der Waals surface area contributed by atoms with Crippen molar-refractivity contribution in [1.29, 1.82) is 0 Å². The van der Waals surface area contributed by atoms with E-state index in [1.54, 1.807) is 24.2 Å². The normalized spacial score (nSPS) is 11.2. The van der Waals surface area contributed by atoms with Gasteiger partial charge in [-0.25, -0.2) is 15.1 Å². The Hall–Kier alpha value is -1.89. The third-order valence-electron chi connectivity index (χ3n) is 2.24. The van der Waals surface area contributed by atoms with Crippen LogP contribution in [-0.2, 0) is 6.54 Å². The summed E-state index contributed by atoms with van der Waals surface area (Å²) in [5.41, 5.74) is 0.896. The van der Waals surface area contributed by atoms with E-state index < -0.39 is 5.03 Å². The minimum Gasteiger partial charge on any atom is -0.354 e. The summed E-state index contributed by atoms with van der Waals surface area (Å²) in [6.45, 7) is 2.93. The molecule has 0 aliphatic heterocycles. The van der Waals surface area contributed by atoms with Gasteiger partial charge in [0.15, 0.2) is 5.03 Å². The first-order valence-electron chi connectivity index (χ1n) is 5.33. The Morgan fingerprint density at radius 3 is 2.83 bits per heavy atom. The zero-order valence-electron chi connectivity index (χ0n) is 10.1. The molecule has 0 aromatic carbocycles. The fourth-order valence-electron chi connectivity index (χ4n) is 1.41. The SMILES string of the molecule is CCN(Cc1ccc(Cl)nc1)/C(=N/[N+](=O)[O-])NC. The maximum absolute atomic E-state index is 10.4. The van der Waals surface area contributed by atoms with Crippen LogP contribution in [0.1, 0.15) is 12.5 Å². The highest BCUT2D eigenvalue weighted by Gasteiger charge is 2.12. The van der Waals surface area contributed by atoms with Gasteiger partial charge in [0.05, 0.1) is 0 Å². The van der Waals surface area contributed by atoms with E-state index >= 15 is 0 Å². The van der Waals surface area contributed by atoms with Gasteiger partial charge in [0.1, 0.15) is 10.3 Å². The van der Waals surface area contributed by atoms with E-state index in [1.807, 2.05) is 13.0 Å². The van der Waals surface area contributed by atoms with Crippen molar-refractivity contribution in [3.05, 3.63) is 39.2 Å². The Morgan fingerprint density at radius 1 is 1.67 bits per heavy atom. The molecule has 1 aromatic heterocycles. The summed E-state index contributed by atoms with van der Waals surface area (Å²) in [6.07, 6.45) is 1.63. The Balaban J connectivity index is 2.83. The molecular weight excluding hydrogens is 258 g/mol. The standard InChI is InChI=1S/C10H14ClN5O2/c1-3-15(10(12-2)14-16(17)18)7-8-4-5-9(11)13-6-8/h4-6H,3,7H2,1-2H3,(H,12,14). The number of pyridine rings is 1. The molecule has 0 bridgehead atoms. The summed E-state index contributed by atoms with van der Waals surface area (Å²) in [4.78, 5) is 16.1. The van der Waals surface area contributed by atoms with Crippen LogP contribution < -0.4 is 5.32 Å². The van der Waals surface area contributed by atoms with E-state index in [2.05, 4.69) is 15.4 Å². The van der Waals surface area contributed by atoms with Crippen LogP contribution in [0.3, 0.4) is 0 Å². The van der Waals surface area contributed by atoms with Crippen LogP contribution in [0.15, 0.2) is 23.4 Å². The molecule has 98 valence electrons. The number of halogens is 1. The molecule has 1 aromatic rings. The molecule has 8 heteroatoms. The summed E-state index contributed by atoms with van der Waals surface area (Å²) >= 11 is 5.69. The van der Waals surface area contributed by atoms with Crippen molar-refractivity contribution in [3.63, 3.8) is 0 Å².